The molecule has 10 heteroatoms. The Bertz CT molecular complexity index is 1170. The summed E-state index contributed by atoms with van der Waals surface area (Å²) in [6, 6.07) is 9.18. The number of nitrogens with zero attached hydrogens (tertiary/aromatic N) is 2. The number of imidazole rings is 1. The average Bonchev–Trinajstić information content (AvgIpc) is 3.01. The quantitative estimate of drug-likeness (QED) is 0.560. The number of primary sulfonamides is 1. The Kier molecular flexibility index (Phi) is 6.11. The van der Waals surface area contributed by atoms with Gasteiger partial charge in [0.2, 0.25) is 10.0 Å². The van der Waals surface area contributed by atoms with Crippen LogP contribution in [-0.4, -0.2) is 23.9 Å². The van der Waals surface area contributed by atoms with E-state index in [2.05, 4.69) is 11.9 Å². The summed E-state index contributed by atoms with van der Waals surface area (Å²) in [5, 5.41) is 5.60. The highest BCUT2D eigenvalue weighted by Crippen LogP contribution is 2.25. The first-order valence-corrected chi connectivity index (χ1v) is 10.9. The lowest BCUT2D eigenvalue weighted by molar-refractivity contribution is 0.0995. The second-order valence-corrected chi connectivity index (χ2v) is 8.52. The van der Waals surface area contributed by atoms with Gasteiger partial charge in [-0.1, -0.05) is 24.9 Å². The first-order chi connectivity index (χ1) is 13.7. The van der Waals surface area contributed by atoms with Gasteiger partial charge in [0.1, 0.15) is 18.2 Å². The Morgan fingerprint density at radius 2 is 2.00 bits per heavy atom. The largest absolute Gasteiger partial charge is 0.485 e. The van der Waals surface area contributed by atoms with Gasteiger partial charge >= 0.3 is 0 Å². The zero-order chi connectivity index (χ0) is 21.2. The molecule has 0 radical (unpaired) electrons. The van der Waals surface area contributed by atoms with Gasteiger partial charge in [0.05, 0.1) is 21.5 Å². The number of carbonyl (C=O) groups excluding carboxylic acids is 1. The van der Waals surface area contributed by atoms with Crippen LogP contribution in [0.3, 0.4) is 0 Å². The average molecular weight is 437 g/mol. The zero-order valence-electron chi connectivity index (χ0n) is 15.8. The van der Waals surface area contributed by atoms with Crippen molar-refractivity contribution in [3.05, 3.63) is 52.8 Å². The fraction of sp³-hybridized carbons (Fsp3) is 0.263. The Balaban J connectivity index is 1.99. The Morgan fingerprint density at radius 1 is 1.24 bits per heavy atom. The van der Waals surface area contributed by atoms with E-state index < -0.39 is 15.9 Å². The van der Waals surface area contributed by atoms with Crippen molar-refractivity contribution in [1.29, 1.82) is 0 Å². The van der Waals surface area contributed by atoms with Crippen LogP contribution in [0.5, 0.6) is 5.75 Å². The van der Waals surface area contributed by atoms with E-state index in [0.717, 1.165) is 18.4 Å². The highest BCUT2D eigenvalue weighted by Gasteiger charge is 2.16. The molecule has 0 atom stereocenters. The van der Waals surface area contributed by atoms with E-state index in [4.69, 9.17) is 27.2 Å². The number of amides is 1. The molecule has 0 spiro atoms. The van der Waals surface area contributed by atoms with Gasteiger partial charge in [-0.15, -0.1) is 0 Å². The molecule has 4 N–H and O–H groups in total. The smallest absolute Gasteiger partial charge is 0.252 e. The Morgan fingerprint density at radius 3 is 2.66 bits per heavy atom. The van der Waals surface area contributed by atoms with Crippen LogP contribution in [0.25, 0.3) is 11.0 Å². The molecule has 0 aliphatic heterocycles. The second-order valence-electron chi connectivity index (χ2n) is 6.52. The van der Waals surface area contributed by atoms with Crippen LogP contribution in [0.4, 0.5) is 0 Å². The summed E-state index contributed by atoms with van der Waals surface area (Å²) < 4.78 is 31.1. The molecule has 1 aromatic heterocycles. The van der Waals surface area contributed by atoms with E-state index in [-0.39, 0.29) is 17.1 Å². The third-order valence-corrected chi connectivity index (χ3v) is 5.57. The van der Waals surface area contributed by atoms with E-state index in [1.807, 2.05) is 4.57 Å². The van der Waals surface area contributed by atoms with Crippen molar-refractivity contribution < 1.29 is 17.9 Å². The number of sulfonamides is 1. The van der Waals surface area contributed by atoms with E-state index in [1.54, 1.807) is 18.2 Å². The molecule has 0 aliphatic rings. The van der Waals surface area contributed by atoms with Gasteiger partial charge < -0.3 is 15.0 Å². The lowest BCUT2D eigenvalue weighted by atomic mass is 10.2. The third-order valence-electron chi connectivity index (χ3n) is 4.43. The maximum Gasteiger partial charge on any atom is 0.252 e. The number of nitrogens with two attached hydrogens (primary N) is 2. The number of aromatic nitrogens is 2. The van der Waals surface area contributed by atoms with Crippen LogP contribution in [0, 0.1) is 0 Å². The Hall–Kier alpha value is -2.62. The van der Waals surface area contributed by atoms with Crippen LogP contribution in [0.15, 0.2) is 41.3 Å². The molecule has 0 unspecified atom stereocenters. The number of carbonyl (C=O) groups is 1. The number of hydrogen-bond acceptors (Lipinski definition) is 5. The van der Waals surface area contributed by atoms with E-state index in [0.29, 0.717) is 28.7 Å². The number of hydrogen-bond donors (Lipinski definition) is 2. The monoisotopic (exact) mass is 436 g/mol. The maximum absolute atomic E-state index is 11.7. The number of unbranched alkanes of at least 4 members (excludes halogenated alkanes) is 1. The maximum atomic E-state index is 11.7. The summed E-state index contributed by atoms with van der Waals surface area (Å²) in [5.41, 5.74) is 6.84. The molecular formula is C19H21ClN4O4S. The highest BCUT2D eigenvalue weighted by molar-refractivity contribution is 7.89. The molecule has 1 heterocycles. The molecule has 29 heavy (non-hydrogen) atoms. The number of halogens is 1. The predicted molar refractivity (Wildman–Crippen MR) is 110 cm³/mol. The van der Waals surface area contributed by atoms with Crippen molar-refractivity contribution in [2.24, 2.45) is 10.9 Å². The third kappa shape index (κ3) is 4.69. The molecule has 3 aromatic rings. The molecule has 0 bridgehead atoms. The van der Waals surface area contributed by atoms with Crippen molar-refractivity contribution in [3.63, 3.8) is 0 Å². The molecular weight excluding hydrogens is 416 g/mol. The normalized spacial score (nSPS) is 11.7. The standard InChI is InChI=1S/C19H21ClN4O4S/c1-2-3-8-24-16-6-5-13(29(22,26)27)10-15(16)23-18(24)11-28-17-7-4-12(20)9-14(17)19(21)25/h4-7,9-10H,2-3,8,11H2,1H3,(H2,21,25)(H2,22,26,27). The number of primary amides is 1. The molecule has 1 amide bonds. The summed E-state index contributed by atoms with van der Waals surface area (Å²) in [6.45, 7) is 2.82. The van der Waals surface area contributed by atoms with Gasteiger partial charge in [0, 0.05) is 11.6 Å². The number of benzene rings is 2. The number of ether oxygens (including phenoxy) is 1. The lowest BCUT2D eigenvalue weighted by Gasteiger charge is -2.12. The Labute approximate surface area is 173 Å². The molecule has 0 aliphatic carbocycles. The summed E-state index contributed by atoms with van der Waals surface area (Å²) >= 11 is 5.93. The minimum absolute atomic E-state index is 0.00803. The lowest BCUT2D eigenvalue weighted by Crippen LogP contribution is -2.14. The number of aryl methyl sites for hydroxylation is 1. The molecule has 8 nitrogen and oxygen atoms in total. The van der Waals surface area contributed by atoms with Crippen molar-refractivity contribution in [2.45, 2.75) is 37.8 Å². The van der Waals surface area contributed by atoms with Gasteiger partial charge in [-0.2, -0.15) is 0 Å². The summed E-state index contributed by atoms with van der Waals surface area (Å²) in [4.78, 5) is 16.2. The zero-order valence-corrected chi connectivity index (χ0v) is 17.3. The highest BCUT2D eigenvalue weighted by atomic mass is 35.5. The minimum Gasteiger partial charge on any atom is -0.485 e. The SMILES string of the molecule is CCCCn1c(COc2ccc(Cl)cc2C(N)=O)nc2cc(S(N)(=O)=O)ccc21. The first kappa shape index (κ1) is 21.1. The van der Waals surface area contributed by atoms with Crippen molar-refractivity contribution in [1.82, 2.24) is 9.55 Å². The van der Waals surface area contributed by atoms with E-state index >= 15 is 0 Å². The van der Waals surface area contributed by atoms with Gasteiger partial charge in [0.25, 0.3) is 5.91 Å². The molecule has 0 fully saturated rings. The van der Waals surface area contributed by atoms with Gasteiger partial charge in [0.15, 0.2) is 0 Å². The van der Waals surface area contributed by atoms with Gasteiger partial charge in [-0.05, 0) is 42.8 Å². The summed E-state index contributed by atoms with van der Waals surface area (Å²) in [5.74, 6) is 0.228. The van der Waals surface area contributed by atoms with E-state index in [1.165, 1.54) is 18.2 Å². The van der Waals surface area contributed by atoms with Crippen LogP contribution < -0.4 is 15.6 Å². The minimum atomic E-state index is -3.83. The second kappa shape index (κ2) is 8.40. The predicted octanol–water partition coefficient (Wildman–Crippen LogP) is 2.82. The van der Waals surface area contributed by atoms with Crippen LogP contribution >= 0.6 is 11.6 Å². The van der Waals surface area contributed by atoms with Crippen LogP contribution in [0.2, 0.25) is 5.02 Å². The molecule has 0 saturated carbocycles. The van der Waals surface area contributed by atoms with Crippen molar-refractivity contribution >= 4 is 38.6 Å². The molecule has 3 rings (SSSR count). The van der Waals surface area contributed by atoms with Crippen molar-refractivity contribution in [2.75, 3.05) is 0 Å². The van der Waals surface area contributed by atoms with Crippen LogP contribution in [0.1, 0.15) is 35.9 Å². The van der Waals surface area contributed by atoms with Crippen LogP contribution in [-0.2, 0) is 23.2 Å². The summed E-state index contributed by atoms with van der Waals surface area (Å²) in [6.07, 6.45) is 1.88. The van der Waals surface area contributed by atoms with Crippen molar-refractivity contribution in [3.8, 4) is 5.75 Å². The van der Waals surface area contributed by atoms with Gasteiger partial charge in [-0.25, -0.2) is 18.5 Å². The molecule has 2 aromatic carbocycles. The molecule has 154 valence electrons. The topological polar surface area (TPSA) is 130 Å². The number of fused-ring (bicyclic) bond motifs is 1. The summed E-state index contributed by atoms with van der Waals surface area (Å²) in [7, 11) is -3.83. The van der Waals surface area contributed by atoms with E-state index in [9.17, 15) is 13.2 Å². The fourth-order valence-electron chi connectivity index (χ4n) is 2.98. The molecule has 0 saturated heterocycles. The number of rotatable bonds is 8. The van der Waals surface area contributed by atoms with Gasteiger partial charge in [-0.3, -0.25) is 4.79 Å². The fourth-order valence-corrected chi connectivity index (χ4v) is 3.68. The first-order valence-electron chi connectivity index (χ1n) is 8.95.